The summed E-state index contributed by atoms with van der Waals surface area (Å²) in [5.41, 5.74) is 0. The van der Waals surface area contributed by atoms with Crippen molar-refractivity contribution in [2.75, 3.05) is 119 Å². The Balaban J connectivity index is 0.000000376. The number of esters is 2. The molecule has 25 nitrogen and oxygen atoms in total. The highest BCUT2D eigenvalue weighted by Crippen LogP contribution is 2.39. The lowest BCUT2D eigenvalue weighted by Gasteiger charge is -2.13. The van der Waals surface area contributed by atoms with Crippen molar-refractivity contribution >= 4 is 158 Å². The smallest absolute Gasteiger partial charge is 0.337 e. The monoisotopic (exact) mass is 1640 g/mol. The van der Waals surface area contributed by atoms with Gasteiger partial charge >= 0.3 is 23.9 Å². The molecule has 0 bridgehead atoms. The topological polar surface area (TPSA) is 308 Å². The molecule has 36 heteroatoms. The van der Waals surface area contributed by atoms with E-state index >= 15 is 0 Å². The maximum Gasteiger partial charge on any atom is 0.337 e. The van der Waals surface area contributed by atoms with E-state index < -0.39 is 43.6 Å². The van der Waals surface area contributed by atoms with E-state index in [1.165, 1.54) is 24.3 Å². The summed E-state index contributed by atoms with van der Waals surface area (Å²) in [5.74, 6) is 1.48. The summed E-state index contributed by atoms with van der Waals surface area (Å²) in [6, 6.07) is 39.2. The van der Waals surface area contributed by atoms with Gasteiger partial charge in [0.15, 0.2) is 23.0 Å². The van der Waals surface area contributed by atoms with Crippen LogP contribution in [0.2, 0.25) is 30.1 Å². The van der Waals surface area contributed by atoms with E-state index in [-0.39, 0.29) is 139 Å². The highest BCUT2D eigenvalue weighted by Gasteiger charge is 2.17. The first kappa shape index (κ1) is 87.4. The fraction of sp³-hybridized carbons (Fsp3) is 0.273. The van der Waals surface area contributed by atoms with Gasteiger partial charge in [-0.3, -0.25) is 9.59 Å². The summed E-state index contributed by atoms with van der Waals surface area (Å²) >= 11 is 46.7. The van der Waals surface area contributed by atoms with Gasteiger partial charge in [0.25, 0.3) is 0 Å². The van der Waals surface area contributed by atoms with E-state index in [2.05, 4.69) is 21.4 Å². The van der Waals surface area contributed by atoms with Crippen molar-refractivity contribution in [3.63, 3.8) is 0 Å². The number of aliphatic carboxylic acids is 2. The molecule has 552 valence electrons. The zero-order valence-corrected chi connectivity index (χ0v) is 61.4. The lowest BCUT2D eigenvalue weighted by molar-refractivity contribution is -0.143. The second-order valence-electron chi connectivity index (χ2n) is 19.0. The summed E-state index contributed by atoms with van der Waals surface area (Å²) in [6.45, 7) is 0.914. The Hall–Kier alpha value is -7.03. The minimum Gasteiger partial charge on any atom is -0.491 e. The standard InChI is InChI=1S/C38H28Cl6O10.C14H16Cl2O6.C14H18O8.Cl2OS/c39-23-1-9-31(29(43)17-23)51-33-11-3-25(41)19-35(33)53-37(45)21-47-13-15-49-27-5-7-28(8-6-27)50-16-14-48-22-38(46)54-36-20-26(42)4-12-34(36)52-32-10-2-24(40)18-30(32)44;15-13(17)9-19-5-7-21-11-1-2-12(4-3-11)22-8-6-20-10-14(16)18;15-13(16)9-19-5-7-21-11-1-2-12(4-3-11)22-8-6-20-10-14(17)18;1-4(2)3/h1-12,17-20H,13-16,21-22H2;1-4H,5-10H2;1-4H,5-10H2,(H,15,16)(H,17,18);. The van der Waals surface area contributed by atoms with Gasteiger partial charge in [0, 0.05) is 53.6 Å². The molecule has 0 unspecified atom stereocenters. The third kappa shape index (κ3) is 40.7. The van der Waals surface area contributed by atoms with Gasteiger partial charge in [0.2, 0.25) is 19.7 Å². The number of benzene rings is 7. The molecule has 7 aromatic rings. The van der Waals surface area contributed by atoms with Crippen LogP contribution in [0.25, 0.3) is 0 Å². The van der Waals surface area contributed by atoms with Crippen LogP contribution in [0, 0.1) is 0 Å². The first-order valence-electron chi connectivity index (χ1n) is 29.3. The molecule has 0 aliphatic rings. The number of carbonyl (C=O) groups excluding carboxylic acids is 4. The summed E-state index contributed by atoms with van der Waals surface area (Å²) in [4.78, 5) is 66.2. The minimum absolute atomic E-state index is 0.0886. The van der Waals surface area contributed by atoms with Crippen LogP contribution in [0.5, 0.6) is 69.0 Å². The van der Waals surface area contributed by atoms with Crippen LogP contribution in [-0.4, -0.2) is 168 Å². The number of hydrogen-bond donors (Lipinski definition) is 2. The fourth-order valence-electron chi connectivity index (χ4n) is 7.09. The third-order valence-corrected chi connectivity index (χ3v) is 13.0. The Morgan fingerprint density at radius 3 is 0.765 bits per heavy atom. The molecular formula is C66H62Cl10O25S. The lowest BCUT2D eigenvalue weighted by Crippen LogP contribution is -2.18. The highest BCUT2D eigenvalue weighted by molar-refractivity contribution is 8.26. The number of halogens is 10. The zero-order valence-electron chi connectivity index (χ0n) is 53.1. The van der Waals surface area contributed by atoms with Crippen LogP contribution in [0.15, 0.2) is 146 Å². The maximum atomic E-state index is 12.5. The predicted molar refractivity (Wildman–Crippen MR) is 381 cm³/mol. The quantitative estimate of drug-likeness (QED) is 0.0155. The van der Waals surface area contributed by atoms with E-state index in [9.17, 15) is 28.8 Å². The van der Waals surface area contributed by atoms with E-state index in [0.717, 1.165) is 0 Å². The van der Waals surface area contributed by atoms with Crippen molar-refractivity contribution in [1.82, 2.24) is 0 Å². The number of carboxylic acids is 2. The van der Waals surface area contributed by atoms with Crippen LogP contribution < -0.4 is 47.4 Å². The Morgan fingerprint density at radius 1 is 0.304 bits per heavy atom. The molecule has 0 spiro atoms. The first-order chi connectivity index (χ1) is 48.9. The maximum absolute atomic E-state index is 12.5. The SMILES string of the molecule is O=C(COCCOc1ccc(OCCOCC(=O)Oc2cc(Cl)ccc2Oc2ccc(Cl)cc2Cl)cc1)Oc1cc(Cl)ccc1Oc1ccc(Cl)cc1Cl.O=C(Cl)COCCOc1ccc(OCCOCC(=O)Cl)cc1.O=C(O)COCCOc1ccc(OCCOCC(=O)O)cc1.O=S(Cl)Cl. The van der Waals surface area contributed by atoms with Gasteiger partial charge < -0.3 is 86.0 Å². The van der Waals surface area contributed by atoms with Crippen LogP contribution in [0.1, 0.15) is 0 Å². The van der Waals surface area contributed by atoms with Gasteiger partial charge in [0.1, 0.15) is 125 Å². The normalized spacial score (nSPS) is 10.5. The number of carbonyl (C=O) groups is 6. The fourth-order valence-corrected chi connectivity index (χ4v) is 8.46. The summed E-state index contributed by atoms with van der Waals surface area (Å²) in [6.07, 6.45) is 0. The molecule has 0 amide bonds. The van der Waals surface area contributed by atoms with E-state index in [1.54, 1.807) is 121 Å². The second kappa shape index (κ2) is 51.2. The number of hydrogen-bond acceptors (Lipinski definition) is 23. The molecule has 0 aromatic heterocycles. The molecule has 0 aliphatic heterocycles. The second-order valence-corrected chi connectivity index (χ2v) is 24.9. The Morgan fingerprint density at radius 2 is 0.529 bits per heavy atom. The molecule has 2 N–H and O–H groups in total. The lowest BCUT2D eigenvalue weighted by atomic mass is 10.3. The molecule has 0 heterocycles. The highest BCUT2D eigenvalue weighted by atomic mass is 36.0. The summed E-state index contributed by atoms with van der Waals surface area (Å²) < 4.78 is 94.7. The molecule has 0 fully saturated rings. The molecule has 0 aliphatic carbocycles. The van der Waals surface area contributed by atoms with Gasteiger partial charge in [-0.05, 0) is 157 Å². The van der Waals surface area contributed by atoms with Crippen molar-refractivity contribution in [1.29, 1.82) is 0 Å². The Bertz CT molecular complexity index is 3410. The van der Waals surface area contributed by atoms with Crippen molar-refractivity contribution in [3.8, 4) is 69.0 Å². The van der Waals surface area contributed by atoms with Crippen LogP contribution in [-0.2, 0) is 66.4 Å². The number of carboxylic acid groups (broad SMARTS) is 2. The minimum atomic E-state index is -1.67. The van der Waals surface area contributed by atoms with Gasteiger partial charge in [-0.25, -0.2) is 23.4 Å². The van der Waals surface area contributed by atoms with E-state index in [1.807, 2.05) is 0 Å². The van der Waals surface area contributed by atoms with Gasteiger partial charge in [-0.2, -0.15) is 0 Å². The first-order valence-corrected chi connectivity index (χ1v) is 35.1. The van der Waals surface area contributed by atoms with E-state index in [4.69, 9.17) is 183 Å². The summed E-state index contributed by atoms with van der Waals surface area (Å²) in [5, 5.41) is 17.8. The van der Waals surface area contributed by atoms with Crippen LogP contribution in [0.4, 0.5) is 0 Å². The van der Waals surface area contributed by atoms with Crippen molar-refractivity contribution in [2.24, 2.45) is 0 Å². The number of rotatable bonds is 42. The number of ether oxygens (including phenoxy) is 16. The van der Waals surface area contributed by atoms with Gasteiger partial charge in [-0.15, -0.1) is 0 Å². The molecular weight excluding hydrogens is 1580 g/mol. The van der Waals surface area contributed by atoms with E-state index in [0.29, 0.717) is 79.3 Å². The van der Waals surface area contributed by atoms with Crippen LogP contribution >= 0.6 is 114 Å². The molecule has 0 saturated heterocycles. The van der Waals surface area contributed by atoms with Gasteiger partial charge in [-0.1, -0.05) is 69.6 Å². The van der Waals surface area contributed by atoms with Crippen molar-refractivity contribution in [3.05, 3.63) is 176 Å². The average Bonchev–Trinajstić information content (AvgIpc) is 0.840. The third-order valence-electron chi connectivity index (χ3n) is 11.3. The largest absolute Gasteiger partial charge is 0.491 e. The van der Waals surface area contributed by atoms with Gasteiger partial charge in [0.05, 0.1) is 49.7 Å². The summed E-state index contributed by atoms with van der Waals surface area (Å²) in [7, 11) is 7.36. The predicted octanol–water partition coefficient (Wildman–Crippen LogP) is 14.9. The zero-order chi connectivity index (χ0) is 74.4. The Labute approximate surface area is 635 Å². The van der Waals surface area contributed by atoms with Crippen molar-refractivity contribution in [2.45, 2.75) is 0 Å². The molecule has 7 aromatic carbocycles. The Kier molecular flexibility index (Phi) is 43.8. The molecule has 7 rings (SSSR count). The molecule has 102 heavy (non-hydrogen) atoms. The van der Waals surface area contributed by atoms with Crippen LogP contribution in [0.3, 0.4) is 0 Å². The van der Waals surface area contributed by atoms with Crippen molar-refractivity contribution < 1.29 is 119 Å². The average molecular weight is 1640 g/mol. The molecule has 0 saturated carbocycles. The molecule has 0 radical (unpaired) electrons. The molecule has 0 atom stereocenters.